The lowest BCUT2D eigenvalue weighted by Crippen LogP contribution is -2.24. The zero-order chi connectivity index (χ0) is 15.4. The zero-order valence-electron chi connectivity index (χ0n) is 12.9. The average Bonchev–Trinajstić information content (AvgIpc) is 2.53. The van der Waals surface area contributed by atoms with Gasteiger partial charge in [0, 0.05) is 19.2 Å². The van der Waals surface area contributed by atoms with Crippen LogP contribution < -0.4 is 14.2 Å². The van der Waals surface area contributed by atoms with Crippen molar-refractivity contribution in [2.45, 2.75) is 6.42 Å². The molecule has 5 nitrogen and oxygen atoms in total. The molecular formula is C16H21NO4. The van der Waals surface area contributed by atoms with E-state index in [1.54, 1.807) is 20.3 Å². The third-order valence-corrected chi connectivity index (χ3v) is 3.74. The summed E-state index contributed by atoms with van der Waals surface area (Å²) in [4.78, 5) is 13.7. The molecule has 1 aliphatic rings. The van der Waals surface area contributed by atoms with Crippen LogP contribution in [0.25, 0.3) is 5.57 Å². The molecule has 0 fully saturated rings. The third-order valence-electron chi connectivity index (χ3n) is 3.74. The van der Waals surface area contributed by atoms with Gasteiger partial charge in [-0.05, 0) is 19.0 Å². The van der Waals surface area contributed by atoms with Crippen LogP contribution in [0.5, 0.6) is 17.2 Å². The zero-order valence-corrected chi connectivity index (χ0v) is 12.9. The van der Waals surface area contributed by atoms with Crippen molar-refractivity contribution in [2.24, 2.45) is 0 Å². The van der Waals surface area contributed by atoms with Crippen molar-refractivity contribution in [3.05, 3.63) is 23.3 Å². The van der Waals surface area contributed by atoms with E-state index in [9.17, 15) is 4.79 Å². The molecule has 0 N–H and O–H groups in total. The molecule has 21 heavy (non-hydrogen) atoms. The number of nitrogens with zero attached hydrogens (tertiary/aromatic N) is 1. The van der Waals surface area contributed by atoms with E-state index in [4.69, 9.17) is 14.2 Å². The van der Waals surface area contributed by atoms with Gasteiger partial charge in [-0.1, -0.05) is 6.08 Å². The predicted molar refractivity (Wildman–Crippen MR) is 81.6 cm³/mol. The van der Waals surface area contributed by atoms with E-state index >= 15 is 0 Å². The number of methoxy groups -OCH3 is 3. The van der Waals surface area contributed by atoms with E-state index in [-0.39, 0.29) is 0 Å². The number of carbonyl (C=O) groups excluding carboxylic acids is 1. The first-order valence-corrected chi connectivity index (χ1v) is 6.82. The Labute approximate surface area is 125 Å². The minimum absolute atomic E-state index is 0.413. The minimum Gasteiger partial charge on any atom is -0.496 e. The van der Waals surface area contributed by atoms with Gasteiger partial charge in [0.2, 0.25) is 0 Å². The van der Waals surface area contributed by atoms with Crippen LogP contribution in [0.15, 0.2) is 12.1 Å². The maximum absolute atomic E-state index is 11.4. The molecule has 114 valence electrons. The monoisotopic (exact) mass is 291 g/mol. The first kappa shape index (κ1) is 15.4. The Morgan fingerprint density at radius 1 is 1.14 bits per heavy atom. The van der Waals surface area contributed by atoms with Crippen LogP contribution in [0.4, 0.5) is 0 Å². The fourth-order valence-electron chi connectivity index (χ4n) is 2.58. The summed E-state index contributed by atoms with van der Waals surface area (Å²) in [6.07, 6.45) is 3.79. The first-order valence-electron chi connectivity index (χ1n) is 6.82. The van der Waals surface area contributed by atoms with Gasteiger partial charge in [0.05, 0.1) is 32.5 Å². The summed E-state index contributed by atoms with van der Waals surface area (Å²) in [5.41, 5.74) is 2.39. The van der Waals surface area contributed by atoms with Crippen molar-refractivity contribution < 1.29 is 19.0 Å². The third kappa shape index (κ3) is 2.88. The Morgan fingerprint density at radius 3 is 2.33 bits per heavy atom. The van der Waals surface area contributed by atoms with Crippen LogP contribution in [0.2, 0.25) is 0 Å². The van der Waals surface area contributed by atoms with Crippen molar-refractivity contribution >= 4 is 11.9 Å². The Bertz CT molecular complexity index is 566. The number of ether oxygens (including phenoxy) is 3. The number of hydrogen-bond donors (Lipinski definition) is 0. The lowest BCUT2D eigenvalue weighted by molar-refractivity contribution is 0.111. The fourth-order valence-corrected chi connectivity index (χ4v) is 2.58. The SMILES string of the molecule is COc1cc(OC)c(C2=CCN(C)CC2)c(OC)c1C=O. The second-order valence-electron chi connectivity index (χ2n) is 4.96. The molecule has 1 aromatic rings. The topological polar surface area (TPSA) is 48.0 Å². The van der Waals surface area contributed by atoms with Gasteiger partial charge < -0.3 is 19.1 Å². The highest BCUT2D eigenvalue weighted by molar-refractivity contribution is 5.90. The highest BCUT2D eigenvalue weighted by Gasteiger charge is 2.24. The van der Waals surface area contributed by atoms with Crippen LogP contribution in [-0.2, 0) is 0 Å². The van der Waals surface area contributed by atoms with Crippen LogP contribution >= 0.6 is 0 Å². The van der Waals surface area contributed by atoms with Crippen molar-refractivity contribution in [2.75, 3.05) is 41.5 Å². The summed E-state index contributed by atoms with van der Waals surface area (Å²) in [5, 5.41) is 0. The number of rotatable bonds is 5. The molecule has 5 heteroatoms. The number of aldehydes is 1. The van der Waals surface area contributed by atoms with Crippen LogP contribution in [0.3, 0.4) is 0 Å². The molecule has 1 heterocycles. The number of likely N-dealkylation sites (N-methyl/N-ethyl adjacent to an activating group) is 1. The molecule has 0 saturated carbocycles. The van der Waals surface area contributed by atoms with Crippen molar-refractivity contribution in [3.63, 3.8) is 0 Å². The Balaban J connectivity index is 2.65. The van der Waals surface area contributed by atoms with E-state index in [0.717, 1.165) is 36.9 Å². The van der Waals surface area contributed by atoms with E-state index in [2.05, 4.69) is 18.0 Å². The summed E-state index contributed by atoms with van der Waals surface area (Å²) in [5.74, 6) is 1.62. The second-order valence-corrected chi connectivity index (χ2v) is 4.96. The Morgan fingerprint density at radius 2 is 1.86 bits per heavy atom. The van der Waals surface area contributed by atoms with Crippen LogP contribution in [0.1, 0.15) is 22.3 Å². The summed E-state index contributed by atoms with van der Waals surface area (Å²) in [7, 11) is 6.76. The van der Waals surface area contributed by atoms with E-state index in [0.29, 0.717) is 22.8 Å². The highest BCUT2D eigenvalue weighted by Crippen LogP contribution is 2.43. The second kappa shape index (κ2) is 6.63. The van der Waals surface area contributed by atoms with Crippen molar-refractivity contribution in [1.82, 2.24) is 4.90 Å². The lowest BCUT2D eigenvalue weighted by atomic mass is 9.95. The normalized spacial score (nSPS) is 15.3. The van der Waals surface area contributed by atoms with Gasteiger partial charge in [-0.25, -0.2) is 0 Å². The molecule has 0 saturated heterocycles. The Hall–Kier alpha value is -2.01. The van der Waals surface area contributed by atoms with Gasteiger partial charge in [0.15, 0.2) is 6.29 Å². The summed E-state index contributed by atoms with van der Waals surface area (Å²) >= 11 is 0. The molecule has 2 rings (SSSR count). The van der Waals surface area contributed by atoms with E-state index in [1.165, 1.54) is 7.11 Å². The molecule has 0 spiro atoms. The fraction of sp³-hybridized carbons (Fsp3) is 0.438. The molecule has 0 unspecified atom stereocenters. The molecular weight excluding hydrogens is 270 g/mol. The van der Waals surface area contributed by atoms with Crippen molar-refractivity contribution in [1.29, 1.82) is 0 Å². The van der Waals surface area contributed by atoms with E-state index in [1.807, 2.05) is 0 Å². The van der Waals surface area contributed by atoms with Gasteiger partial charge >= 0.3 is 0 Å². The minimum atomic E-state index is 0.413. The standard InChI is InChI=1S/C16H21NO4/c1-17-7-5-11(6-8-17)15-14(20-3)9-13(19-2)12(10-18)16(15)21-4/h5,9-10H,6-8H2,1-4H3. The largest absolute Gasteiger partial charge is 0.496 e. The molecule has 0 radical (unpaired) electrons. The quantitative estimate of drug-likeness (QED) is 0.779. The van der Waals surface area contributed by atoms with Crippen LogP contribution in [-0.4, -0.2) is 52.7 Å². The molecule has 0 amide bonds. The number of hydrogen-bond acceptors (Lipinski definition) is 5. The predicted octanol–water partition coefficient (Wildman–Crippen LogP) is 2.24. The number of carbonyl (C=O) groups is 1. The molecule has 0 bridgehead atoms. The molecule has 0 atom stereocenters. The summed E-state index contributed by atoms with van der Waals surface area (Å²) in [6, 6.07) is 1.74. The smallest absolute Gasteiger partial charge is 0.157 e. The van der Waals surface area contributed by atoms with Gasteiger partial charge in [-0.2, -0.15) is 0 Å². The molecule has 1 aliphatic heterocycles. The Kier molecular flexibility index (Phi) is 4.85. The molecule has 0 aliphatic carbocycles. The van der Waals surface area contributed by atoms with Gasteiger partial charge in [-0.15, -0.1) is 0 Å². The maximum atomic E-state index is 11.4. The summed E-state index contributed by atoms with van der Waals surface area (Å²) in [6.45, 7) is 1.82. The molecule has 0 aromatic heterocycles. The van der Waals surface area contributed by atoms with Gasteiger partial charge in [-0.3, -0.25) is 4.79 Å². The average molecular weight is 291 g/mol. The number of benzene rings is 1. The van der Waals surface area contributed by atoms with Crippen LogP contribution in [0, 0.1) is 0 Å². The van der Waals surface area contributed by atoms with Crippen molar-refractivity contribution in [3.8, 4) is 17.2 Å². The van der Waals surface area contributed by atoms with Gasteiger partial charge in [0.25, 0.3) is 0 Å². The van der Waals surface area contributed by atoms with Gasteiger partial charge in [0.1, 0.15) is 17.2 Å². The molecule has 1 aromatic carbocycles. The maximum Gasteiger partial charge on any atom is 0.157 e. The van der Waals surface area contributed by atoms with E-state index < -0.39 is 0 Å². The first-order chi connectivity index (χ1) is 10.2. The highest BCUT2D eigenvalue weighted by atomic mass is 16.5. The summed E-state index contributed by atoms with van der Waals surface area (Å²) < 4.78 is 16.2. The lowest BCUT2D eigenvalue weighted by Gasteiger charge is -2.25.